The van der Waals surface area contributed by atoms with Crippen molar-refractivity contribution < 1.29 is 4.74 Å². The zero-order chi connectivity index (χ0) is 13.8. The highest BCUT2D eigenvalue weighted by Crippen LogP contribution is 2.35. The molecule has 1 unspecified atom stereocenters. The lowest BCUT2D eigenvalue weighted by Crippen LogP contribution is -2.18. The molecular weight excluding hydrogens is 270 g/mol. The number of aromatic nitrogens is 2. The molecule has 0 aromatic carbocycles. The molecule has 1 aliphatic rings. The van der Waals surface area contributed by atoms with Crippen LogP contribution in [0.4, 0.5) is 5.95 Å². The highest BCUT2D eigenvalue weighted by molar-refractivity contribution is 7.10. The highest BCUT2D eigenvalue weighted by atomic mass is 32.1. The van der Waals surface area contributed by atoms with Crippen LogP contribution in [0.1, 0.15) is 35.7 Å². The maximum Gasteiger partial charge on any atom is 0.203 e. The molecule has 108 valence electrons. The second-order valence-corrected chi connectivity index (χ2v) is 6.18. The Bertz CT molecular complexity index is 549. The van der Waals surface area contributed by atoms with Crippen molar-refractivity contribution in [3.05, 3.63) is 34.3 Å². The fourth-order valence-corrected chi connectivity index (χ4v) is 3.79. The van der Waals surface area contributed by atoms with Crippen molar-refractivity contribution in [2.24, 2.45) is 0 Å². The summed E-state index contributed by atoms with van der Waals surface area (Å²) in [5, 5.41) is 5.82. The fourth-order valence-electron chi connectivity index (χ4n) is 2.80. The number of imidazole rings is 1. The van der Waals surface area contributed by atoms with Gasteiger partial charge in [0.25, 0.3) is 0 Å². The lowest BCUT2D eigenvalue weighted by atomic mass is 9.94. The van der Waals surface area contributed by atoms with Gasteiger partial charge >= 0.3 is 0 Å². The topological polar surface area (TPSA) is 39.1 Å². The molecule has 1 aliphatic carbocycles. The first-order chi connectivity index (χ1) is 9.88. The van der Waals surface area contributed by atoms with Gasteiger partial charge in [0.1, 0.15) is 0 Å². The average Bonchev–Trinajstić information content (AvgIpc) is 3.09. The van der Waals surface area contributed by atoms with Crippen molar-refractivity contribution in [1.29, 1.82) is 0 Å². The van der Waals surface area contributed by atoms with E-state index in [9.17, 15) is 0 Å². The minimum absolute atomic E-state index is 0.411. The normalized spacial score (nSPS) is 17.9. The third-order valence-corrected chi connectivity index (χ3v) is 4.81. The number of ether oxygens (including phenoxy) is 1. The summed E-state index contributed by atoms with van der Waals surface area (Å²) in [7, 11) is 1.74. The van der Waals surface area contributed by atoms with E-state index in [4.69, 9.17) is 4.74 Å². The van der Waals surface area contributed by atoms with Gasteiger partial charge in [0, 0.05) is 37.5 Å². The van der Waals surface area contributed by atoms with Crippen LogP contribution >= 0.6 is 11.3 Å². The summed E-state index contributed by atoms with van der Waals surface area (Å²) in [5.41, 5.74) is 1.47. The maximum absolute atomic E-state index is 5.11. The second-order valence-electron chi connectivity index (χ2n) is 5.18. The standard InChI is InChI=1S/C15H21N3OS/c1-19-10-3-8-18-9-7-16-15(18)17-13-4-2-5-14-12(13)6-11-20-14/h6-7,9,11,13H,2-5,8,10H2,1H3,(H,16,17). The van der Waals surface area contributed by atoms with Crippen LogP contribution in [0, 0.1) is 0 Å². The number of nitrogens with one attached hydrogen (secondary N) is 1. The molecule has 0 fully saturated rings. The molecular formula is C15H21N3OS. The number of methoxy groups -OCH3 is 1. The number of anilines is 1. The SMILES string of the molecule is COCCCn1ccnc1NC1CCCc2sccc21. The summed E-state index contributed by atoms with van der Waals surface area (Å²) in [5.74, 6) is 0.977. The minimum atomic E-state index is 0.411. The van der Waals surface area contributed by atoms with Crippen LogP contribution in [0.25, 0.3) is 0 Å². The van der Waals surface area contributed by atoms with Crippen LogP contribution in [0.5, 0.6) is 0 Å². The fraction of sp³-hybridized carbons (Fsp3) is 0.533. The van der Waals surface area contributed by atoms with E-state index in [-0.39, 0.29) is 0 Å². The van der Waals surface area contributed by atoms with E-state index in [1.54, 1.807) is 7.11 Å². The van der Waals surface area contributed by atoms with Gasteiger partial charge in [-0.25, -0.2) is 4.98 Å². The molecule has 3 rings (SSSR count). The smallest absolute Gasteiger partial charge is 0.203 e. The van der Waals surface area contributed by atoms with E-state index in [2.05, 4.69) is 26.3 Å². The van der Waals surface area contributed by atoms with Crippen LogP contribution < -0.4 is 5.32 Å². The number of nitrogens with zero attached hydrogens (tertiary/aromatic N) is 2. The van der Waals surface area contributed by atoms with E-state index in [0.717, 1.165) is 25.5 Å². The van der Waals surface area contributed by atoms with E-state index < -0.39 is 0 Å². The van der Waals surface area contributed by atoms with Crippen LogP contribution in [0.15, 0.2) is 23.8 Å². The maximum atomic E-state index is 5.11. The van der Waals surface area contributed by atoms with Gasteiger partial charge in [-0.2, -0.15) is 0 Å². The van der Waals surface area contributed by atoms with Gasteiger partial charge in [0.05, 0.1) is 6.04 Å². The molecule has 1 atom stereocenters. The average molecular weight is 291 g/mol. The zero-order valence-corrected chi connectivity index (χ0v) is 12.7. The van der Waals surface area contributed by atoms with Crippen molar-refractivity contribution in [2.75, 3.05) is 19.0 Å². The van der Waals surface area contributed by atoms with Gasteiger partial charge in [-0.3, -0.25) is 0 Å². The summed E-state index contributed by atoms with van der Waals surface area (Å²) in [6.07, 6.45) is 8.59. The van der Waals surface area contributed by atoms with Crippen molar-refractivity contribution in [3.8, 4) is 0 Å². The van der Waals surface area contributed by atoms with E-state index in [1.165, 1.54) is 29.7 Å². The Morgan fingerprint density at radius 1 is 1.55 bits per heavy atom. The van der Waals surface area contributed by atoms with Crippen LogP contribution in [0.2, 0.25) is 0 Å². The molecule has 0 saturated carbocycles. The molecule has 5 heteroatoms. The Morgan fingerprint density at radius 2 is 2.50 bits per heavy atom. The molecule has 2 aromatic heterocycles. The molecule has 4 nitrogen and oxygen atoms in total. The number of rotatable bonds is 6. The van der Waals surface area contributed by atoms with Crippen LogP contribution in [-0.2, 0) is 17.7 Å². The highest BCUT2D eigenvalue weighted by Gasteiger charge is 2.22. The Balaban J connectivity index is 1.68. The molecule has 0 aliphatic heterocycles. The summed E-state index contributed by atoms with van der Waals surface area (Å²) >= 11 is 1.88. The summed E-state index contributed by atoms with van der Waals surface area (Å²) in [6, 6.07) is 2.67. The van der Waals surface area contributed by atoms with Gasteiger partial charge in [0.15, 0.2) is 0 Å². The molecule has 2 aromatic rings. The van der Waals surface area contributed by atoms with Crippen LogP contribution in [0.3, 0.4) is 0 Å². The molecule has 1 N–H and O–H groups in total. The number of thiophene rings is 1. The second kappa shape index (κ2) is 6.41. The lowest BCUT2D eigenvalue weighted by Gasteiger charge is -2.24. The zero-order valence-electron chi connectivity index (χ0n) is 11.8. The van der Waals surface area contributed by atoms with Gasteiger partial charge in [-0.15, -0.1) is 11.3 Å². The van der Waals surface area contributed by atoms with E-state index >= 15 is 0 Å². The lowest BCUT2D eigenvalue weighted by molar-refractivity contribution is 0.190. The van der Waals surface area contributed by atoms with Gasteiger partial charge in [0.2, 0.25) is 5.95 Å². The Kier molecular flexibility index (Phi) is 4.38. The monoisotopic (exact) mass is 291 g/mol. The molecule has 0 radical (unpaired) electrons. The van der Waals surface area contributed by atoms with E-state index in [0.29, 0.717) is 6.04 Å². The Morgan fingerprint density at radius 3 is 3.40 bits per heavy atom. The largest absolute Gasteiger partial charge is 0.385 e. The molecule has 0 saturated heterocycles. The molecule has 2 heterocycles. The van der Waals surface area contributed by atoms with Crippen molar-refractivity contribution in [2.45, 2.75) is 38.3 Å². The van der Waals surface area contributed by atoms with Crippen molar-refractivity contribution in [3.63, 3.8) is 0 Å². The molecule has 0 spiro atoms. The van der Waals surface area contributed by atoms with E-state index in [1.807, 2.05) is 23.7 Å². The molecule has 20 heavy (non-hydrogen) atoms. The summed E-state index contributed by atoms with van der Waals surface area (Å²) < 4.78 is 7.29. The predicted molar refractivity (Wildman–Crippen MR) is 82.3 cm³/mol. The summed E-state index contributed by atoms with van der Waals surface area (Å²) in [4.78, 5) is 5.99. The van der Waals surface area contributed by atoms with Gasteiger partial charge in [-0.1, -0.05) is 0 Å². The third-order valence-electron chi connectivity index (χ3n) is 3.82. The number of hydrogen-bond acceptors (Lipinski definition) is 4. The first-order valence-corrected chi connectivity index (χ1v) is 8.09. The minimum Gasteiger partial charge on any atom is -0.385 e. The van der Waals surface area contributed by atoms with Crippen molar-refractivity contribution in [1.82, 2.24) is 9.55 Å². The number of aryl methyl sites for hydroxylation is 2. The molecule has 0 amide bonds. The first-order valence-electron chi connectivity index (χ1n) is 7.21. The predicted octanol–water partition coefficient (Wildman–Crippen LogP) is 3.47. The van der Waals surface area contributed by atoms with Crippen molar-refractivity contribution >= 4 is 17.3 Å². The number of hydrogen-bond donors (Lipinski definition) is 1. The third kappa shape index (κ3) is 2.88. The molecule has 0 bridgehead atoms. The van der Waals surface area contributed by atoms with Gasteiger partial charge in [-0.05, 0) is 42.7 Å². The Hall–Kier alpha value is -1.33. The summed E-state index contributed by atoms with van der Waals surface area (Å²) in [6.45, 7) is 1.73. The quantitative estimate of drug-likeness (QED) is 0.828. The number of fused-ring (bicyclic) bond motifs is 1. The Labute approximate surface area is 123 Å². The van der Waals surface area contributed by atoms with Gasteiger partial charge < -0.3 is 14.6 Å². The van der Waals surface area contributed by atoms with Crippen LogP contribution in [-0.4, -0.2) is 23.3 Å². The first kappa shape index (κ1) is 13.6.